The molecule has 0 bridgehead atoms. The topological polar surface area (TPSA) is 26.3 Å². The molecule has 1 saturated carbocycles. The number of carbonyl (C=O) groups is 1. The highest BCUT2D eigenvalue weighted by atomic mass is 35.5. The van der Waals surface area contributed by atoms with E-state index in [9.17, 15) is 4.79 Å². The minimum Gasteiger partial charge on any atom is -0.495 e. The molecule has 1 aliphatic carbocycles. The number of methoxy groups -OCH3 is 1. The van der Waals surface area contributed by atoms with Gasteiger partial charge in [0, 0.05) is 12.3 Å². The van der Waals surface area contributed by atoms with Crippen molar-refractivity contribution in [2.24, 2.45) is 5.92 Å². The third-order valence-electron chi connectivity index (χ3n) is 3.13. The van der Waals surface area contributed by atoms with Gasteiger partial charge in [0.2, 0.25) is 0 Å². The van der Waals surface area contributed by atoms with Crippen LogP contribution < -0.4 is 4.74 Å². The lowest BCUT2D eigenvalue weighted by Gasteiger charge is -2.09. The van der Waals surface area contributed by atoms with Gasteiger partial charge in [-0.25, -0.2) is 0 Å². The summed E-state index contributed by atoms with van der Waals surface area (Å²) in [6.07, 6.45) is 3.60. The Morgan fingerprint density at radius 3 is 2.88 bits per heavy atom. The van der Waals surface area contributed by atoms with Crippen LogP contribution >= 0.6 is 11.6 Å². The molecule has 1 unspecified atom stereocenters. The van der Waals surface area contributed by atoms with E-state index >= 15 is 0 Å². The Hall–Kier alpha value is -1.02. The van der Waals surface area contributed by atoms with Crippen molar-refractivity contribution in [2.75, 3.05) is 7.11 Å². The van der Waals surface area contributed by atoms with E-state index in [2.05, 4.69) is 0 Å². The van der Waals surface area contributed by atoms with E-state index in [1.165, 1.54) is 0 Å². The largest absolute Gasteiger partial charge is 0.495 e. The van der Waals surface area contributed by atoms with Crippen LogP contribution in [-0.4, -0.2) is 12.9 Å². The molecule has 0 radical (unpaired) electrons. The number of ketones is 1. The molecule has 0 amide bonds. The molecule has 3 heteroatoms. The smallest absolute Gasteiger partial charge is 0.137 e. The summed E-state index contributed by atoms with van der Waals surface area (Å²) in [6.45, 7) is 0. The summed E-state index contributed by atoms with van der Waals surface area (Å²) >= 11 is 6.04. The van der Waals surface area contributed by atoms with Gasteiger partial charge >= 0.3 is 0 Å². The van der Waals surface area contributed by atoms with Gasteiger partial charge in [0.25, 0.3) is 0 Å². The van der Waals surface area contributed by atoms with Crippen molar-refractivity contribution >= 4 is 17.4 Å². The average Bonchev–Trinajstić information content (AvgIpc) is 2.65. The minimum atomic E-state index is 0.199. The molecular formula is C13H15ClO2. The molecule has 0 spiro atoms. The first-order valence-electron chi connectivity index (χ1n) is 5.56. The standard InChI is InChI=1S/C13H15ClO2/c1-16-13-6-5-9(8-11(13)14)7-10-3-2-4-12(10)15/h5-6,8,10H,2-4,7H2,1H3. The van der Waals surface area contributed by atoms with Crippen molar-refractivity contribution in [3.8, 4) is 5.75 Å². The van der Waals surface area contributed by atoms with Gasteiger partial charge in [-0.1, -0.05) is 17.7 Å². The van der Waals surface area contributed by atoms with Crippen LogP contribution in [0.25, 0.3) is 0 Å². The SMILES string of the molecule is COc1ccc(CC2CCCC2=O)cc1Cl. The molecule has 0 aromatic heterocycles. The number of ether oxygens (including phenoxy) is 1. The van der Waals surface area contributed by atoms with Crippen molar-refractivity contribution in [1.29, 1.82) is 0 Å². The van der Waals surface area contributed by atoms with Crippen LogP contribution in [0.15, 0.2) is 18.2 Å². The van der Waals surface area contributed by atoms with Gasteiger partial charge in [-0.3, -0.25) is 4.79 Å². The number of hydrogen-bond donors (Lipinski definition) is 0. The second-order valence-corrected chi connectivity index (χ2v) is 4.64. The number of hydrogen-bond acceptors (Lipinski definition) is 2. The minimum absolute atomic E-state index is 0.199. The second-order valence-electron chi connectivity index (χ2n) is 4.23. The van der Waals surface area contributed by atoms with Crippen LogP contribution in [0.2, 0.25) is 5.02 Å². The van der Waals surface area contributed by atoms with Crippen molar-refractivity contribution in [1.82, 2.24) is 0 Å². The average molecular weight is 239 g/mol. The maximum absolute atomic E-state index is 11.5. The second kappa shape index (κ2) is 4.88. The first kappa shape index (κ1) is 11.5. The Morgan fingerprint density at radius 1 is 1.50 bits per heavy atom. The van der Waals surface area contributed by atoms with E-state index in [-0.39, 0.29) is 5.92 Å². The maximum atomic E-state index is 11.5. The first-order valence-corrected chi connectivity index (χ1v) is 5.93. The summed E-state index contributed by atoms with van der Waals surface area (Å²) in [4.78, 5) is 11.5. The van der Waals surface area contributed by atoms with Gasteiger partial charge in [0.1, 0.15) is 11.5 Å². The van der Waals surface area contributed by atoms with E-state index in [1.807, 2.05) is 18.2 Å². The normalized spacial score (nSPS) is 20.1. The third-order valence-corrected chi connectivity index (χ3v) is 3.42. The van der Waals surface area contributed by atoms with Gasteiger partial charge < -0.3 is 4.74 Å². The zero-order valence-corrected chi connectivity index (χ0v) is 10.1. The highest BCUT2D eigenvalue weighted by molar-refractivity contribution is 6.32. The molecule has 0 N–H and O–H groups in total. The van der Waals surface area contributed by atoms with Crippen LogP contribution in [0.4, 0.5) is 0 Å². The van der Waals surface area contributed by atoms with E-state index in [0.29, 0.717) is 16.6 Å². The Kier molecular flexibility index (Phi) is 3.49. The van der Waals surface area contributed by atoms with E-state index in [0.717, 1.165) is 31.2 Å². The van der Waals surface area contributed by atoms with Crippen LogP contribution in [0, 0.1) is 5.92 Å². The summed E-state index contributed by atoms with van der Waals surface area (Å²) in [5, 5.41) is 0.616. The summed E-state index contributed by atoms with van der Waals surface area (Å²) in [6, 6.07) is 5.74. The van der Waals surface area contributed by atoms with Crippen LogP contribution in [-0.2, 0) is 11.2 Å². The number of halogens is 1. The van der Waals surface area contributed by atoms with Crippen molar-refractivity contribution < 1.29 is 9.53 Å². The predicted molar refractivity (Wildman–Crippen MR) is 64.1 cm³/mol. The molecule has 1 fully saturated rings. The summed E-state index contributed by atoms with van der Waals surface area (Å²) < 4.78 is 5.09. The van der Waals surface area contributed by atoms with Crippen molar-refractivity contribution in [2.45, 2.75) is 25.7 Å². The molecule has 1 atom stereocenters. The summed E-state index contributed by atoms with van der Waals surface area (Å²) in [5.74, 6) is 1.28. The Bertz CT molecular complexity index is 401. The van der Waals surface area contributed by atoms with Crippen LogP contribution in [0.5, 0.6) is 5.75 Å². The van der Waals surface area contributed by atoms with Gasteiger partial charge in [-0.2, -0.15) is 0 Å². The molecule has 2 nitrogen and oxygen atoms in total. The summed E-state index contributed by atoms with van der Waals surface area (Å²) in [5.41, 5.74) is 1.12. The van der Waals surface area contributed by atoms with E-state index in [1.54, 1.807) is 7.11 Å². The first-order chi connectivity index (χ1) is 7.70. The molecule has 1 aromatic rings. The fraction of sp³-hybridized carbons (Fsp3) is 0.462. The number of benzene rings is 1. The zero-order valence-electron chi connectivity index (χ0n) is 9.33. The van der Waals surface area contributed by atoms with Gasteiger partial charge in [0.05, 0.1) is 12.1 Å². The van der Waals surface area contributed by atoms with Crippen molar-refractivity contribution in [3.63, 3.8) is 0 Å². The Labute approximate surface area is 101 Å². The highest BCUT2D eigenvalue weighted by Crippen LogP contribution is 2.29. The van der Waals surface area contributed by atoms with Gasteiger partial charge in [0.15, 0.2) is 0 Å². The lowest BCUT2D eigenvalue weighted by Crippen LogP contribution is -2.09. The Morgan fingerprint density at radius 2 is 2.31 bits per heavy atom. The molecular weight excluding hydrogens is 224 g/mol. The molecule has 0 aliphatic heterocycles. The monoisotopic (exact) mass is 238 g/mol. The molecule has 16 heavy (non-hydrogen) atoms. The highest BCUT2D eigenvalue weighted by Gasteiger charge is 2.24. The quantitative estimate of drug-likeness (QED) is 0.808. The molecule has 0 saturated heterocycles. The molecule has 0 heterocycles. The van der Waals surface area contributed by atoms with Crippen LogP contribution in [0.1, 0.15) is 24.8 Å². The zero-order chi connectivity index (χ0) is 11.5. The maximum Gasteiger partial charge on any atom is 0.137 e. The fourth-order valence-corrected chi connectivity index (χ4v) is 2.51. The molecule has 1 aromatic carbocycles. The third kappa shape index (κ3) is 2.38. The molecule has 1 aliphatic rings. The fourth-order valence-electron chi connectivity index (χ4n) is 2.23. The molecule has 86 valence electrons. The van der Waals surface area contributed by atoms with Crippen LogP contribution in [0.3, 0.4) is 0 Å². The van der Waals surface area contributed by atoms with Gasteiger partial charge in [-0.15, -0.1) is 0 Å². The van der Waals surface area contributed by atoms with Crippen molar-refractivity contribution in [3.05, 3.63) is 28.8 Å². The predicted octanol–water partition coefficient (Wildman–Crippen LogP) is 3.26. The number of rotatable bonds is 3. The van der Waals surface area contributed by atoms with E-state index in [4.69, 9.17) is 16.3 Å². The lowest BCUT2D eigenvalue weighted by atomic mass is 9.97. The summed E-state index contributed by atoms with van der Waals surface area (Å²) in [7, 11) is 1.60. The van der Waals surface area contributed by atoms with E-state index < -0.39 is 0 Å². The Balaban J connectivity index is 2.10. The number of Topliss-reactive ketones (excluding diaryl/α,β-unsaturated/α-hetero) is 1. The lowest BCUT2D eigenvalue weighted by molar-refractivity contribution is -0.120. The number of carbonyl (C=O) groups excluding carboxylic acids is 1. The van der Waals surface area contributed by atoms with Gasteiger partial charge in [-0.05, 0) is 37.0 Å². The molecule has 2 rings (SSSR count).